The Morgan fingerprint density at radius 1 is 0.833 bits per heavy atom. The molecule has 2 amide bonds. The van der Waals surface area contributed by atoms with E-state index in [1.54, 1.807) is 0 Å². The zero-order valence-corrected chi connectivity index (χ0v) is 24.8. The number of hydrogen-bond donors (Lipinski definition) is 2. The van der Waals surface area contributed by atoms with Crippen LogP contribution in [0.25, 0.3) is 0 Å². The van der Waals surface area contributed by atoms with Crippen molar-refractivity contribution < 1.29 is 23.1 Å². The number of amides is 2. The van der Waals surface area contributed by atoms with Crippen molar-refractivity contribution in [2.24, 2.45) is 23.2 Å². The van der Waals surface area contributed by atoms with Crippen LogP contribution in [-0.2, 0) is 14.8 Å². The Morgan fingerprint density at radius 3 is 2.07 bits per heavy atom. The SMILES string of the molecule is CS(=O)(=O)N1CCN(c2ccc(N3CCN(C(=O)NC4C5CC6CC4CC(C(=O)O)(C6)C5)c4ccccc43)cc2)CC1. The van der Waals surface area contributed by atoms with Gasteiger partial charge in [0.25, 0.3) is 0 Å². The third-order valence-corrected chi connectivity index (χ3v) is 11.8. The van der Waals surface area contributed by atoms with Gasteiger partial charge in [0.1, 0.15) is 0 Å². The molecule has 11 heteroatoms. The highest BCUT2D eigenvalue weighted by molar-refractivity contribution is 7.88. The van der Waals surface area contributed by atoms with E-state index in [-0.39, 0.29) is 23.9 Å². The first-order valence-electron chi connectivity index (χ1n) is 15.1. The van der Waals surface area contributed by atoms with E-state index < -0.39 is 21.4 Å². The van der Waals surface area contributed by atoms with Crippen molar-refractivity contribution in [1.82, 2.24) is 9.62 Å². The molecule has 4 aliphatic carbocycles. The fourth-order valence-electron chi connectivity index (χ4n) is 8.70. The number of carboxylic acids is 1. The lowest BCUT2D eigenvalue weighted by Gasteiger charge is -2.58. The molecule has 8 rings (SSSR count). The van der Waals surface area contributed by atoms with E-state index in [1.807, 2.05) is 29.2 Å². The standard InChI is InChI=1S/C31H39N5O5S/c1-42(40,41)34-12-10-33(11-13-34)24-6-8-25(9-7-24)35-14-15-36(27-5-3-2-4-26(27)35)30(39)32-28-22-16-21-17-23(28)20-31(18-21,19-22)29(37)38/h2-9,21-23,28H,10-20H2,1H3,(H,32,39)(H,37,38). The minimum absolute atomic E-state index is 0.0403. The van der Waals surface area contributed by atoms with Gasteiger partial charge in [0, 0.05) is 56.7 Å². The second-order valence-electron chi connectivity index (χ2n) is 13.0. The summed E-state index contributed by atoms with van der Waals surface area (Å²) in [5.41, 5.74) is 3.37. The maximum absolute atomic E-state index is 13.7. The number of rotatable bonds is 5. The molecule has 2 atom stereocenters. The second-order valence-corrected chi connectivity index (χ2v) is 15.0. The van der Waals surface area contributed by atoms with Crippen LogP contribution >= 0.6 is 0 Å². The number of sulfonamides is 1. The minimum atomic E-state index is -3.16. The molecule has 2 aliphatic heterocycles. The number of carbonyl (C=O) groups is 2. The summed E-state index contributed by atoms with van der Waals surface area (Å²) < 4.78 is 25.3. The number of nitrogens with zero attached hydrogens (tertiary/aromatic N) is 4. The van der Waals surface area contributed by atoms with Gasteiger partial charge in [-0.15, -0.1) is 0 Å². The van der Waals surface area contributed by atoms with Crippen LogP contribution in [0.3, 0.4) is 0 Å². The average molecular weight is 594 g/mol. The molecule has 6 aliphatic rings. The molecule has 0 aromatic heterocycles. The van der Waals surface area contributed by atoms with Crippen molar-refractivity contribution in [3.63, 3.8) is 0 Å². The topological polar surface area (TPSA) is 114 Å². The number of anilines is 4. The zero-order valence-electron chi connectivity index (χ0n) is 24.0. The van der Waals surface area contributed by atoms with Crippen molar-refractivity contribution in [3.8, 4) is 0 Å². The Kier molecular flexibility index (Phi) is 6.65. The van der Waals surface area contributed by atoms with E-state index in [0.29, 0.717) is 58.0 Å². The predicted molar refractivity (Wildman–Crippen MR) is 162 cm³/mol. The van der Waals surface area contributed by atoms with Gasteiger partial charge in [-0.1, -0.05) is 12.1 Å². The number of urea groups is 1. The van der Waals surface area contributed by atoms with Crippen molar-refractivity contribution >= 4 is 44.8 Å². The molecule has 224 valence electrons. The van der Waals surface area contributed by atoms with Crippen LogP contribution in [0, 0.1) is 23.2 Å². The molecule has 4 bridgehead atoms. The van der Waals surface area contributed by atoms with Gasteiger partial charge in [0.2, 0.25) is 10.0 Å². The molecule has 4 saturated carbocycles. The number of carboxylic acid groups (broad SMARTS) is 1. The van der Waals surface area contributed by atoms with Gasteiger partial charge in [-0.3, -0.25) is 9.69 Å². The van der Waals surface area contributed by atoms with Gasteiger partial charge >= 0.3 is 12.0 Å². The highest BCUT2D eigenvalue weighted by atomic mass is 32.2. The van der Waals surface area contributed by atoms with E-state index in [1.165, 1.54) is 10.6 Å². The number of benzene rings is 2. The summed E-state index contributed by atoms with van der Waals surface area (Å²) in [6.45, 7) is 3.48. The molecule has 10 nitrogen and oxygen atoms in total. The van der Waals surface area contributed by atoms with E-state index in [4.69, 9.17) is 0 Å². The van der Waals surface area contributed by atoms with Gasteiger partial charge < -0.3 is 20.2 Å². The summed E-state index contributed by atoms with van der Waals surface area (Å²) in [6.07, 6.45) is 5.45. The van der Waals surface area contributed by atoms with E-state index in [0.717, 1.165) is 42.0 Å². The van der Waals surface area contributed by atoms with Crippen LogP contribution in [0.15, 0.2) is 48.5 Å². The molecule has 2 N–H and O–H groups in total. The molecule has 42 heavy (non-hydrogen) atoms. The number of nitrogens with one attached hydrogen (secondary N) is 1. The molecule has 2 unspecified atom stereocenters. The highest BCUT2D eigenvalue weighted by Crippen LogP contribution is 2.60. The third-order valence-electron chi connectivity index (χ3n) is 10.5. The van der Waals surface area contributed by atoms with E-state index >= 15 is 0 Å². The smallest absolute Gasteiger partial charge is 0.322 e. The van der Waals surface area contributed by atoms with Crippen LogP contribution < -0.4 is 20.0 Å². The number of aliphatic carboxylic acids is 1. The van der Waals surface area contributed by atoms with Gasteiger partial charge in [0.15, 0.2) is 0 Å². The third kappa shape index (κ3) is 4.70. The summed E-state index contributed by atoms with van der Waals surface area (Å²) in [4.78, 5) is 32.2. The maximum Gasteiger partial charge on any atom is 0.322 e. The predicted octanol–water partition coefficient (Wildman–Crippen LogP) is 3.72. The van der Waals surface area contributed by atoms with Crippen molar-refractivity contribution in [3.05, 3.63) is 48.5 Å². The Morgan fingerprint density at radius 2 is 1.45 bits per heavy atom. The lowest BCUT2D eigenvalue weighted by atomic mass is 9.48. The van der Waals surface area contributed by atoms with Crippen LogP contribution in [0.2, 0.25) is 0 Å². The fraction of sp³-hybridized carbons (Fsp3) is 0.548. The molecule has 0 spiro atoms. The van der Waals surface area contributed by atoms with Crippen LogP contribution in [0.4, 0.5) is 27.5 Å². The molecular weight excluding hydrogens is 554 g/mol. The lowest BCUT2D eigenvalue weighted by Crippen LogP contribution is -2.62. The van der Waals surface area contributed by atoms with Crippen LogP contribution in [0.5, 0.6) is 0 Å². The minimum Gasteiger partial charge on any atom is -0.481 e. The Bertz CT molecular complexity index is 1470. The molecule has 2 heterocycles. The Labute approximate surface area is 247 Å². The fourth-order valence-corrected chi connectivity index (χ4v) is 9.53. The average Bonchev–Trinajstić information content (AvgIpc) is 2.97. The lowest BCUT2D eigenvalue weighted by molar-refractivity contribution is -0.166. The first kappa shape index (κ1) is 27.5. The van der Waals surface area contributed by atoms with Crippen molar-refractivity contribution in [1.29, 1.82) is 0 Å². The summed E-state index contributed by atoms with van der Waals surface area (Å²) in [5, 5.41) is 13.3. The monoisotopic (exact) mass is 593 g/mol. The number of fused-ring (bicyclic) bond motifs is 1. The van der Waals surface area contributed by atoms with Crippen molar-refractivity contribution in [2.75, 3.05) is 60.2 Å². The quantitative estimate of drug-likeness (QED) is 0.543. The van der Waals surface area contributed by atoms with Gasteiger partial charge in [-0.25, -0.2) is 13.2 Å². The summed E-state index contributed by atoms with van der Waals surface area (Å²) in [5.74, 6) is 0.292. The van der Waals surface area contributed by atoms with E-state index in [9.17, 15) is 23.1 Å². The number of para-hydroxylation sites is 2. The molecule has 2 aromatic rings. The first-order chi connectivity index (χ1) is 20.1. The number of piperazine rings is 1. The summed E-state index contributed by atoms with van der Waals surface area (Å²) in [6, 6.07) is 16.3. The van der Waals surface area contributed by atoms with Crippen LogP contribution in [0.1, 0.15) is 32.1 Å². The van der Waals surface area contributed by atoms with Gasteiger partial charge in [-0.05, 0) is 86.3 Å². The van der Waals surface area contributed by atoms with E-state index in [2.05, 4.69) is 39.4 Å². The van der Waals surface area contributed by atoms with Gasteiger partial charge in [-0.2, -0.15) is 4.31 Å². The summed E-state index contributed by atoms with van der Waals surface area (Å²) >= 11 is 0. The highest BCUT2D eigenvalue weighted by Gasteiger charge is 2.59. The molecule has 1 saturated heterocycles. The number of hydrogen-bond acceptors (Lipinski definition) is 6. The summed E-state index contributed by atoms with van der Waals surface area (Å²) in [7, 11) is -3.16. The maximum atomic E-state index is 13.7. The molecule has 0 radical (unpaired) electrons. The van der Waals surface area contributed by atoms with Crippen LogP contribution in [-0.4, -0.2) is 81.4 Å². The van der Waals surface area contributed by atoms with Gasteiger partial charge in [0.05, 0.1) is 23.0 Å². The Balaban J connectivity index is 1.05. The zero-order chi connectivity index (χ0) is 29.2. The largest absolute Gasteiger partial charge is 0.481 e. The first-order valence-corrected chi connectivity index (χ1v) is 16.9. The Hall–Kier alpha value is -3.31. The second kappa shape index (κ2) is 10.2. The number of carbonyl (C=O) groups excluding carboxylic acids is 1. The van der Waals surface area contributed by atoms with Crippen molar-refractivity contribution in [2.45, 2.75) is 38.1 Å². The normalized spacial score (nSPS) is 30.7. The molecule has 2 aromatic carbocycles. The molecule has 5 fully saturated rings. The molecular formula is C31H39N5O5S.